The maximum absolute atomic E-state index is 12.5. The zero-order valence-electron chi connectivity index (χ0n) is 33.0. The van der Waals surface area contributed by atoms with E-state index < -0.39 is 38.6 Å². The van der Waals surface area contributed by atoms with E-state index in [1.807, 2.05) is 55.5 Å². The van der Waals surface area contributed by atoms with E-state index in [9.17, 15) is 24.2 Å². The van der Waals surface area contributed by atoms with Crippen molar-refractivity contribution in [2.75, 3.05) is 26.4 Å². The quantitative estimate of drug-likeness (QED) is 0.0186. The minimum atomic E-state index is -4.41. The van der Waals surface area contributed by atoms with Gasteiger partial charge in [-0.25, -0.2) is 4.57 Å². The zero-order valence-corrected chi connectivity index (χ0v) is 33.9. The first-order valence-corrected chi connectivity index (χ1v) is 21.3. The van der Waals surface area contributed by atoms with Crippen molar-refractivity contribution in [3.05, 3.63) is 97.2 Å². The molecule has 306 valence electrons. The van der Waals surface area contributed by atoms with E-state index in [0.29, 0.717) is 25.7 Å². The Kier molecular flexibility index (Phi) is 36.0. The van der Waals surface area contributed by atoms with Crippen LogP contribution in [0.4, 0.5) is 0 Å². The molecule has 0 aliphatic carbocycles. The smallest absolute Gasteiger partial charge is 0.462 e. The molecule has 0 saturated carbocycles. The highest BCUT2D eigenvalue weighted by atomic mass is 31.2. The summed E-state index contributed by atoms with van der Waals surface area (Å²) in [5.74, 6) is -0.954. The predicted octanol–water partition coefficient (Wildman–Crippen LogP) is 10.0. The van der Waals surface area contributed by atoms with Crippen LogP contribution in [-0.4, -0.2) is 60.5 Å². The number of esters is 2. The molecule has 3 atom stereocenters. The van der Waals surface area contributed by atoms with Crippen molar-refractivity contribution < 1.29 is 42.7 Å². The molecule has 0 rings (SSSR count). The standard InChI is InChI=1S/C43H70NO9P/c1-3-5-7-8-9-10-11-12-13-14-19-22-25-28-31-35-43(47)53-41(39-52-54(48,49)51-37-36-44)38-50-42(46)34-30-27-24-21-18-16-15-17-20-23-26-29-33-40(45)32-6-4-2/h5-7,9-10,12-13,15-16,20-21,23-24,26,29,32,40-41,45H,3-4,8,11,14,17-19,22,25,27-28,30-31,33-39,44H2,1-2H3,(H,48,49)/b7-5-,10-9-,13-12-,16-15-,23-20-,24-21-,29-26+,32-6-/t40?,41-/m1/s1. The van der Waals surface area contributed by atoms with Crippen LogP contribution >= 0.6 is 7.82 Å². The summed E-state index contributed by atoms with van der Waals surface area (Å²) in [4.78, 5) is 34.8. The Labute approximate surface area is 326 Å². The van der Waals surface area contributed by atoms with Gasteiger partial charge < -0.3 is 25.2 Å². The van der Waals surface area contributed by atoms with Gasteiger partial charge in [0, 0.05) is 19.4 Å². The number of aliphatic hydroxyl groups is 1. The van der Waals surface area contributed by atoms with Crippen molar-refractivity contribution >= 4 is 19.8 Å². The van der Waals surface area contributed by atoms with Gasteiger partial charge in [-0.3, -0.25) is 18.6 Å². The SMILES string of the molecule is CC/C=C\C/C=C\C/C=C\CCCCCCCC(=O)O[C@H](COC(=O)CCC/C=C\C/C=C\C/C=C\C=C\CC(O)/C=C\CC)COP(=O)(O)OCCN. The average molecular weight is 776 g/mol. The van der Waals surface area contributed by atoms with Gasteiger partial charge in [0.05, 0.1) is 19.3 Å². The Morgan fingerprint density at radius 1 is 0.648 bits per heavy atom. The molecule has 0 heterocycles. The molecule has 0 aromatic heterocycles. The number of unbranched alkanes of at least 4 members (excludes halogenated alkanes) is 6. The number of carbonyl (C=O) groups is 2. The first kappa shape index (κ1) is 50.9. The van der Waals surface area contributed by atoms with E-state index in [1.165, 1.54) is 0 Å². The number of allylic oxidation sites excluding steroid dienone is 14. The number of hydrogen-bond acceptors (Lipinski definition) is 9. The van der Waals surface area contributed by atoms with Gasteiger partial charge in [0.1, 0.15) is 6.61 Å². The van der Waals surface area contributed by atoms with Gasteiger partial charge in [0.2, 0.25) is 0 Å². The Bertz CT molecular complexity index is 1220. The maximum Gasteiger partial charge on any atom is 0.472 e. The van der Waals surface area contributed by atoms with Crippen molar-refractivity contribution in [2.24, 2.45) is 5.73 Å². The Morgan fingerprint density at radius 2 is 1.20 bits per heavy atom. The normalized spacial score (nSPS) is 15.0. The maximum atomic E-state index is 12.5. The molecule has 4 N–H and O–H groups in total. The third-order valence-corrected chi connectivity index (χ3v) is 8.52. The van der Waals surface area contributed by atoms with E-state index >= 15 is 0 Å². The number of phosphoric ester groups is 1. The fourth-order valence-electron chi connectivity index (χ4n) is 4.64. The number of ether oxygens (including phenoxy) is 2. The highest BCUT2D eigenvalue weighted by Crippen LogP contribution is 2.43. The lowest BCUT2D eigenvalue weighted by Gasteiger charge is -2.19. The first-order chi connectivity index (χ1) is 26.2. The molecule has 0 aliphatic heterocycles. The number of rotatable bonds is 35. The number of nitrogens with two attached hydrogens (primary N) is 1. The largest absolute Gasteiger partial charge is 0.472 e. The first-order valence-electron chi connectivity index (χ1n) is 19.8. The molecule has 0 aromatic carbocycles. The van der Waals surface area contributed by atoms with Crippen LogP contribution in [-0.2, 0) is 32.7 Å². The molecule has 54 heavy (non-hydrogen) atoms. The van der Waals surface area contributed by atoms with Crippen LogP contribution < -0.4 is 5.73 Å². The van der Waals surface area contributed by atoms with Crippen molar-refractivity contribution in [3.63, 3.8) is 0 Å². The van der Waals surface area contributed by atoms with Crippen molar-refractivity contribution in [1.82, 2.24) is 0 Å². The van der Waals surface area contributed by atoms with Crippen LogP contribution in [0, 0.1) is 0 Å². The molecule has 0 spiro atoms. The van der Waals surface area contributed by atoms with E-state index in [0.717, 1.165) is 70.6 Å². The number of aliphatic hydroxyl groups excluding tert-OH is 1. The second-order valence-electron chi connectivity index (χ2n) is 12.6. The molecule has 0 saturated heterocycles. The van der Waals surface area contributed by atoms with Gasteiger partial charge >= 0.3 is 19.8 Å². The fourth-order valence-corrected chi connectivity index (χ4v) is 5.41. The topological polar surface area (TPSA) is 155 Å². The zero-order chi connectivity index (χ0) is 39.8. The van der Waals surface area contributed by atoms with Gasteiger partial charge in [-0.1, -0.05) is 130 Å². The fraction of sp³-hybridized carbons (Fsp3) is 0.581. The summed E-state index contributed by atoms with van der Waals surface area (Å²) in [5.41, 5.74) is 5.33. The molecule has 11 heteroatoms. The molecule has 0 aromatic rings. The summed E-state index contributed by atoms with van der Waals surface area (Å²) in [6.07, 6.45) is 45.0. The highest BCUT2D eigenvalue weighted by Gasteiger charge is 2.25. The van der Waals surface area contributed by atoms with Gasteiger partial charge in [0.25, 0.3) is 0 Å². The number of phosphoric acid groups is 1. The second kappa shape index (κ2) is 38.2. The van der Waals surface area contributed by atoms with Crippen molar-refractivity contribution in [3.8, 4) is 0 Å². The number of hydrogen-bond donors (Lipinski definition) is 3. The lowest BCUT2D eigenvalue weighted by molar-refractivity contribution is -0.161. The summed E-state index contributed by atoms with van der Waals surface area (Å²) >= 11 is 0. The summed E-state index contributed by atoms with van der Waals surface area (Å²) in [6, 6.07) is 0. The second-order valence-corrected chi connectivity index (χ2v) is 14.0. The van der Waals surface area contributed by atoms with E-state index in [4.69, 9.17) is 24.3 Å². The third-order valence-electron chi connectivity index (χ3n) is 7.54. The Hall–Kier alpha value is -3.11. The molecular weight excluding hydrogens is 705 g/mol. The van der Waals surface area contributed by atoms with E-state index in [-0.39, 0.29) is 32.6 Å². The van der Waals surface area contributed by atoms with Gasteiger partial charge in [-0.15, -0.1) is 0 Å². The van der Waals surface area contributed by atoms with Crippen LogP contribution in [0.3, 0.4) is 0 Å². The minimum Gasteiger partial charge on any atom is -0.462 e. The van der Waals surface area contributed by atoms with Gasteiger partial charge in [-0.05, 0) is 77.0 Å². The molecule has 0 fully saturated rings. The van der Waals surface area contributed by atoms with Crippen LogP contribution in [0.1, 0.15) is 123 Å². The van der Waals surface area contributed by atoms with Crippen LogP contribution in [0.25, 0.3) is 0 Å². The molecule has 0 bridgehead atoms. The minimum absolute atomic E-state index is 0.0304. The summed E-state index contributed by atoms with van der Waals surface area (Å²) in [6.45, 7) is 3.24. The Balaban J connectivity index is 4.38. The molecule has 10 nitrogen and oxygen atoms in total. The van der Waals surface area contributed by atoms with Gasteiger partial charge in [-0.2, -0.15) is 0 Å². The summed E-state index contributed by atoms with van der Waals surface area (Å²) in [5, 5.41) is 9.75. The summed E-state index contributed by atoms with van der Waals surface area (Å²) < 4.78 is 32.6. The molecule has 0 amide bonds. The lowest BCUT2D eigenvalue weighted by atomic mass is 10.1. The average Bonchev–Trinajstić information content (AvgIpc) is 3.15. The molecule has 2 unspecified atom stereocenters. The highest BCUT2D eigenvalue weighted by molar-refractivity contribution is 7.47. The summed E-state index contributed by atoms with van der Waals surface area (Å²) in [7, 11) is -4.41. The Morgan fingerprint density at radius 3 is 1.87 bits per heavy atom. The third kappa shape index (κ3) is 37.2. The predicted molar refractivity (Wildman–Crippen MR) is 221 cm³/mol. The van der Waals surface area contributed by atoms with Crippen molar-refractivity contribution in [2.45, 2.75) is 135 Å². The van der Waals surface area contributed by atoms with Crippen LogP contribution in [0.15, 0.2) is 97.2 Å². The van der Waals surface area contributed by atoms with E-state index in [1.54, 1.807) is 0 Å². The monoisotopic (exact) mass is 775 g/mol. The number of carbonyl (C=O) groups excluding carboxylic acids is 2. The van der Waals surface area contributed by atoms with Crippen molar-refractivity contribution in [1.29, 1.82) is 0 Å². The molecule has 0 radical (unpaired) electrons. The lowest BCUT2D eigenvalue weighted by Crippen LogP contribution is -2.29. The van der Waals surface area contributed by atoms with Gasteiger partial charge in [0.15, 0.2) is 6.10 Å². The van der Waals surface area contributed by atoms with Crippen LogP contribution in [0.5, 0.6) is 0 Å². The molecule has 0 aliphatic rings. The molecular formula is C43H70NO9P. The van der Waals surface area contributed by atoms with E-state index in [2.05, 4.69) is 55.5 Å². The van der Waals surface area contributed by atoms with Crippen LogP contribution in [0.2, 0.25) is 0 Å².